The van der Waals surface area contributed by atoms with Crippen LogP contribution in [0.15, 0.2) is 0 Å². The highest BCUT2D eigenvalue weighted by atomic mass is 16.2. The topological polar surface area (TPSA) is 75.4 Å². The summed E-state index contributed by atoms with van der Waals surface area (Å²) in [5, 5.41) is 2.77. The van der Waals surface area contributed by atoms with Crippen LogP contribution in [-0.4, -0.2) is 42.4 Å². The van der Waals surface area contributed by atoms with Gasteiger partial charge in [-0.15, -0.1) is 0 Å². The zero-order chi connectivity index (χ0) is 13.1. The number of amides is 2. The van der Waals surface area contributed by atoms with Gasteiger partial charge in [-0.3, -0.25) is 9.59 Å². The smallest absolute Gasteiger partial charge is 0.227 e. The molecule has 2 amide bonds. The van der Waals surface area contributed by atoms with Crippen LogP contribution in [0.5, 0.6) is 0 Å². The molecule has 2 aliphatic rings. The molecule has 0 aromatic rings. The Morgan fingerprint density at radius 2 is 2.28 bits per heavy atom. The number of hydrogen-bond acceptors (Lipinski definition) is 3. The zero-order valence-electron chi connectivity index (χ0n) is 11.0. The number of piperidine rings is 2. The summed E-state index contributed by atoms with van der Waals surface area (Å²) in [6.45, 7) is 4.16. The van der Waals surface area contributed by atoms with Crippen molar-refractivity contribution in [1.29, 1.82) is 0 Å². The second kappa shape index (κ2) is 5.69. The summed E-state index contributed by atoms with van der Waals surface area (Å²) in [6.07, 6.45) is 3.07. The van der Waals surface area contributed by atoms with Crippen molar-refractivity contribution in [1.82, 2.24) is 10.2 Å². The van der Waals surface area contributed by atoms with E-state index in [1.807, 2.05) is 4.90 Å². The third-order valence-corrected chi connectivity index (χ3v) is 4.24. The van der Waals surface area contributed by atoms with Crippen molar-refractivity contribution in [2.75, 3.05) is 19.6 Å². The van der Waals surface area contributed by atoms with E-state index in [0.29, 0.717) is 25.3 Å². The van der Waals surface area contributed by atoms with Crippen LogP contribution in [-0.2, 0) is 9.59 Å². The molecule has 0 bridgehead atoms. The van der Waals surface area contributed by atoms with Gasteiger partial charge in [-0.2, -0.15) is 0 Å². The minimum absolute atomic E-state index is 0.0328. The van der Waals surface area contributed by atoms with Crippen LogP contribution in [0, 0.1) is 11.8 Å². The molecule has 2 saturated heterocycles. The third-order valence-electron chi connectivity index (χ3n) is 4.24. The van der Waals surface area contributed by atoms with Crippen molar-refractivity contribution in [2.24, 2.45) is 17.6 Å². The van der Waals surface area contributed by atoms with Gasteiger partial charge in [0.05, 0.1) is 5.92 Å². The number of carbonyl (C=O) groups is 2. The lowest BCUT2D eigenvalue weighted by molar-refractivity contribution is -0.139. The average molecular weight is 253 g/mol. The van der Waals surface area contributed by atoms with Gasteiger partial charge in [0.15, 0.2) is 0 Å². The number of nitrogens with zero attached hydrogens (tertiary/aromatic N) is 1. The van der Waals surface area contributed by atoms with Crippen LogP contribution < -0.4 is 11.1 Å². The lowest BCUT2D eigenvalue weighted by Crippen LogP contribution is -2.52. The van der Waals surface area contributed by atoms with Gasteiger partial charge >= 0.3 is 0 Å². The predicted molar refractivity (Wildman–Crippen MR) is 68.7 cm³/mol. The van der Waals surface area contributed by atoms with Crippen LogP contribution in [0.3, 0.4) is 0 Å². The summed E-state index contributed by atoms with van der Waals surface area (Å²) >= 11 is 0. The van der Waals surface area contributed by atoms with Gasteiger partial charge in [0.25, 0.3) is 0 Å². The molecular formula is C13H23N3O2. The van der Waals surface area contributed by atoms with Gasteiger partial charge in [0.2, 0.25) is 11.8 Å². The predicted octanol–water partition coefficient (Wildman–Crippen LogP) is 0.0984. The van der Waals surface area contributed by atoms with Crippen molar-refractivity contribution < 1.29 is 9.59 Å². The SMILES string of the molecule is CCC1CN(C(=O)C2CCC(=O)NC2)CCC1N. The Labute approximate surface area is 108 Å². The molecule has 0 aromatic heterocycles. The first-order valence-electron chi connectivity index (χ1n) is 6.93. The number of nitrogens with two attached hydrogens (primary N) is 1. The lowest BCUT2D eigenvalue weighted by atomic mass is 9.89. The molecule has 3 N–H and O–H groups in total. The van der Waals surface area contributed by atoms with Gasteiger partial charge in [-0.05, 0) is 18.8 Å². The maximum Gasteiger partial charge on any atom is 0.227 e. The Kier molecular flexibility index (Phi) is 4.22. The van der Waals surface area contributed by atoms with Crippen LogP contribution >= 0.6 is 0 Å². The van der Waals surface area contributed by atoms with Gasteiger partial charge in [-0.25, -0.2) is 0 Å². The number of hydrogen-bond donors (Lipinski definition) is 2. The molecule has 0 saturated carbocycles. The van der Waals surface area contributed by atoms with Crippen molar-refractivity contribution >= 4 is 11.8 Å². The molecule has 18 heavy (non-hydrogen) atoms. The van der Waals surface area contributed by atoms with Crippen LogP contribution in [0.2, 0.25) is 0 Å². The molecule has 0 spiro atoms. The summed E-state index contributed by atoms with van der Waals surface area (Å²) in [6, 6.07) is 0.227. The van der Waals surface area contributed by atoms with Crippen molar-refractivity contribution in [3.63, 3.8) is 0 Å². The second-order valence-corrected chi connectivity index (χ2v) is 5.44. The maximum absolute atomic E-state index is 12.4. The average Bonchev–Trinajstić information content (AvgIpc) is 2.39. The molecule has 2 fully saturated rings. The van der Waals surface area contributed by atoms with Crippen molar-refractivity contribution in [3.05, 3.63) is 0 Å². The Morgan fingerprint density at radius 3 is 2.89 bits per heavy atom. The van der Waals surface area contributed by atoms with E-state index in [9.17, 15) is 9.59 Å². The minimum atomic E-state index is -0.0328. The molecule has 3 atom stereocenters. The highest BCUT2D eigenvalue weighted by Crippen LogP contribution is 2.22. The highest BCUT2D eigenvalue weighted by Gasteiger charge is 2.33. The first-order chi connectivity index (χ1) is 8.61. The molecule has 5 heteroatoms. The molecule has 2 rings (SSSR count). The molecule has 0 aliphatic carbocycles. The normalized spacial score (nSPS) is 33.1. The monoisotopic (exact) mass is 253 g/mol. The van der Waals surface area contributed by atoms with Crippen LogP contribution in [0.1, 0.15) is 32.6 Å². The number of likely N-dealkylation sites (tertiary alicyclic amines) is 1. The fourth-order valence-corrected chi connectivity index (χ4v) is 2.88. The number of nitrogens with one attached hydrogen (secondary N) is 1. The summed E-state index contributed by atoms with van der Waals surface area (Å²) in [5.74, 6) is 0.641. The summed E-state index contributed by atoms with van der Waals surface area (Å²) in [7, 11) is 0. The van der Waals surface area contributed by atoms with Gasteiger partial charge in [-0.1, -0.05) is 13.3 Å². The number of rotatable bonds is 2. The minimum Gasteiger partial charge on any atom is -0.355 e. The molecule has 0 aromatic carbocycles. The van der Waals surface area contributed by atoms with E-state index < -0.39 is 0 Å². The largest absolute Gasteiger partial charge is 0.355 e. The first kappa shape index (κ1) is 13.3. The van der Waals surface area contributed by atoms with E-state index in [1.54, 1.807) is 0 Å². The highest BCUT2D eigenvalue weighted by molar-refractivity contribution is 5.83. The fourth-order valence-electron chi connectivity index (χ4n) is 2.88. The molecule has 102 valence electrons. The van der Waals surface area contributed by atoms with Gasteiger partial charge < -0.3 is 16.0 Å². The standard InChI is InChI=1S/C13H23N3O2/c1-2-9-8-16(6-5-11(9)14)13(18)10-3-4-12(17)15-7-10/h9-11H,2-8,14H2,1H3,(H,15,17). The van der Waals surface area contributed by atoms with E-state index in [4.69, 9.17) is 5.73 Å². The quantitative estimate of drug-likeness (QED) is 0.733. The van der Waals surface area contributed by atoms with Gasteiger partial charge in [0, 0.05) is 32.1 Å². The summed E-state index contributed by atoms with van der Waals surface area (Å²) in [5.41, 5.74) is 6.05. The zero-order valence-corrected chi connectivity index (χ0v) is 11.0. The Balaban J connectivity index is 1.91. The third kappa shape index (κ3) is 2.83. The first-order valence-corrected chi connectivity index (χ1v) is 6.93. The van der Waals surface area contributed by atoms with E-state index in [1.165, 1.54) is 0 Å². The summed E-state index contributed by atoms with van der Waals surface area (Å²) < 4.78 is 0. The lowest BCUT2D eigenvalue weighted by Gasteiger charge is -2.38. The van der Waals surface area contributed by atoms with Crippen LogP contribution in [0.25, 0.3) is 0 Å². The molecule has 2 aliphatic heterocycles. The molecule has 5 nitrogen and oxygen atoms in total. The Bertz CT molecular complexity index is 322. The molecule has 2 heterocycles. The van der Waals surface area contributed by atoms with E-state index in [-0.39, 0.29) is 23.8 Å². The number of carbonyl (C=O) groups excluding carboxylic acids is 2. The summed E-state index contributed by atoms with van der Waals surface area (Å²) in [4.78, 5) is 25.4. The Hall–Kier alpha value is -1.10. The molecule has 0 radical (unpaired) electrons. The molecule has 3 unspecified atom stereocenters. The second-order valence-electron chi connectivity index (χ2n) is 5.44. The van der Waals surface area contributed by atoms with Crippen LogP contribution in [0.4, 0.5) is 0 Å². The maximum atomic E-state index is 12.4. The van der Waals surface area contributed by atoms with E-state index >= 15 is 0 Å². The molecular weight excluding hydrogens is 230 g/mol. The van der Waals surface area contributed by atoms with Crippen molar-refractivity contribution in [2.45, 2.75) is 38.6 Å². The Morgan fingerprint density at radius 1 is 1.50 bits per heavy atom. The van der Waals surface area contributed by atoms with E-state index in [2.05, 4.69) is 12.2 Å². The van der Waals surface area contributed by atoms with Gasteiger partial charge in [0.1, 0.15) is 0 Å². The fraction of sp³-hybridized carbons (Fsp3) is 0.846. The van der Waals surface area contributed by atoms with Crippen molar-refractivity contribution in [3.8, 4) is 0 Å². The van der Waals surface area contributed by atoms with E-state index in [0.717, 1.165) is 25.9 Å².